The smallest absolute Gasteiger partial charge is 0.387 e. The maximum Gasteiger partial charge on any atom is 0.387 e. The van der Waals surface area contributed by atoms with Crippen LogP contribution in [-0.4, -0.2) is 49.9 Å². The van der Waals surface area contributed by atoms with Gasteiger partial charge >= 0.3 is 12.6 Å². The van der Waals surface area contributed by atoms with Crippen molar-refractivity contribution in [1.82, 2.24) is 10.6 Å². The normalized spacial score (nSPS) is 12.1. The van der Waals surface area contributed by atoms with Crippen LogP contribution in [0, 0.1) is 0 Å². The van der Waals surface area contributed by atoms with E-state index >= 15 is 0 Å². The number of unbranched alkanes of at least 4 members (excludes halogenated alkanes) is 3. The van der Waals surface area contributed by atoms with Crippen LogP contribution < -0.4 is 15.4 Å². The molecule has 0 saturated heterocycles. The number of carbonyl (C=O) groups is 1. The number of aliphatic imine (C=N–C) groups is 1. The van der Waals surface area contributed by atoms with E-state index in [0.717, 1.165) is 32.2 Å². The summed E-state index contributed by atoms with van der Waals surface area (Å²) < 4.78 is 33.6. The first kappa shape index (κ1) is 29.3. The van der Waals surface area contributed by atoms with Gasteiger partial charge in [0.05, 0.1) is 19.3 Å². The van der Waals surface area contributed by atoms with Crippen molar-refractivity contribution in [1.29, 1.82) is 0 Å². The Balaban J connectivity index is 0.00000900. The van der Waals surface area contributed by atoms with Gasteiger partial charge in [-0.1, -0.05) is 25.0 Å². The monoisotopic (exact) mass is 557 g/mol. The number of aliphatic hydroxyl groups is 1. The van der Waals surface area contributed by atoms with Gasteiger partial charge in [0.2, 0.25) is 0 Å². The van der Waals surface area contributed by atoms with Crippen molar-refractivity contribution in [2.75, 3.05) is 26.2 Å². The van der Waals surface area contributed by atoms with Gasteiger partial charge in [-0.2, -0.15) is 8.78 Å². The summed E-state index contributed by atoms with van der Waals surface area (Å²) in [5.41, 5.74) is 0.567. The van der Waals surface area contributed by atoms with Crippen molar-refractivity contribution in [3.05, 3.63) is 29.8 Å². The first-order chi connectivity index (χ1) is 14.5. The van der Waals surface area contributed by atoms with E-state index in [2.05, 4.69) is 20.4 Å². The summed E-state index contributed by atoms with van der Waals surface area (Å²) in [6.45, 7) is 2.82. The minimum Gasteiger partial charge on any atom is -0.466 e. The van der Waals surface area contributed by atoms with Crippen LogP contribution in [-0.2, 0) is 9.53 Å². The Bertz CT molecular complexity index is 634. The van der Waals surface area contributed by atoms with Gasteiger partial charge in [0.1, 0.15) is 5.75 Å². The number of guanidine groups is 1. The number of hydrogen-bond donors (Lipinski definition) is 3. The number of alkyl halides is 2. The van der Waals surface area contributed by atoms with E-state index < -0.39 is 12.7 Å². The standard InChI is InChI=1S/C21H33F2N3O4.HI/c1-3-24-21(25-14-8-6-5-7-9-19(28)29-4-2)26-15-18(27)16-10-12-17(13-11-16)30-20(22)23;/h10-13,18,20,27H,3-9,14-15H2,1-2H3,(H2,24,25,26);1H. The maximum atomic E-state index is 12.2. The molecule has 31 heavy (non-hydrogen) atoms. The highest BCUT2D eigenvalue weighted by Gasteiger charge is 2.09. The zero-order chi connectivity index (χ0) is 22.2. The summed E-state index contributed by atoms with van der Waals surface area (Å²) >= 11 is 0. The van der Waals surface area contributed by atoms with Crippen LogP contribution in [0.5, 0.6) is 5.75 Å². The third kappa shape index (κ3) is 14.1. The minimum atomic E-state index is -2.88. The lowest BCUT2D eigenvalue weighted by atomic mass is 10.1. The molecule has 0 aromatic heterocycles. The van der Waals surface area contributed by atoms with Crippen molar-refractivity contribution in [3.8, 4) is 5.75 Å². The van der Waals surface area contributed by atoms with Crippen LogP contribution in [0.4, 0.5) is 8.78 Å². The number of esters is 1. The van der Waals surface area contributed by atoms with Crippen molar-refractivity contribution in [2.45, 2.75) is 58.7 Å². The Hall–Kier alpha value is -1.69. The lowest BCUT2D eigenvalue weighted by molar-refractivity contribution is -0.143. The van der Waals surface area contributed by atoms with E-state index in [4.69, 9.17) is 4.74 Å². The fourth-order valence-corrected chi connectivity index (χ4v) is 2.68. The summed E-state index contributed by atoms with van der Waals surface area (Å²) in [6, 6.07) is 5.85. The second-order valence-electron chi connectivity index (χ2n) is 6.58. The van der Waals surface area contributed by atoms with Gasteiger partial charge in [0.25, 0.3) is 0 Å². The molecule has 1 rings (SSSR count). The first-order valence-electron chi connectivity index (χ1n) is 10.4. The van der Waals surface area contributed by atoms with Crippen molar-refractivity contribution < 1.29 is 28.2 Å². The van der Waals surface area contributed by atoms with Gasteiger partial charge in [-0.15, -0.1) is 24.0 Å². The third-order valence-electron chi connectivity index (χ3n) is 4.16. The van der Waals surface area contributed by atoms with E-state index in [9.17, 15) is 18.7 Å². The number of halogens is 3. The topological polar surface area (TPSA) is 92.2 Å². The van der Waals surface area contributed by atoms with Crippen LogP contribution in [0.1, 0.15) is 57.6 Å². The maximum absolute atomic E-state index is 12.2. The lowest BCUT2D eigenvalue weighted by Gasteiger charge is -2.14. The third-order valence-corrected chi connectivity index (χ3v) is 4.16. The molecule has 0 amide bonds. The molecule has 1 aromatic carbocycles. The molecule has 0 fully saturated rings. The number of aliphatic hydroxyl groups excluding tert-OH is 1. The van der Waals surface area contributed by atoms with E-state index in [1.807, 2.05) is 6.92 Å². The molecule has 7 nitrogen and oxygen atoms in total. The number of benzene rings is 1. The average Bonchev–Trinajstić information content (AvgIpc) is 2.71. The fourth-order valence-electron chi connectivity index (χ4n) is 2.68. The molecule has 3 N–H and O–H groups in total. The Morgan fingerprint density at radius 3 is 2.39 bits per heavy atom. The molecule has 0 aliphatic rings. The quantitative estimate of drug-likeness (QED) is 0.105. The van der Waals surface area contributed by atoms with Crippen molar-refractivity contribution >= 4 is 35.9 Å². The zero-order valence-corrected chi connectivity index (χ0v) is 20.4. The first-order valence-corrected chi connectivity index (χ1v) is 10.4. The summed E-state index contributed by atoms with van der Waals surface area (Å²) in [5.74, 6) is 0.495. The molecule has 0 heterocycles. The predicted octanol–water partition coefficient (Wildman–Crippen LogP) is 4.01. The number of rotatable bonds is 14. The fraction of sp³-hybridized carbons (Fsp3) is 0.619. The van der Waals surface area contributed by atoms with Crippen molar-refractivity contribution in [2.24, 2.45) is 4.99 Å². The van der Waals surface area contributed by atoms with Gasteiger partial charge in [-0.25, -0.2) is 0 Å². The molecule has 0 spiro atoms. The molecule has 1 aromatic rings. The summed E-state index contributed by atoms with van der Waals surface area (Å²) in [6.07, 6.45) is 3.30. The SMILES string of the molecule is CCNC(=NCC(O)c1ccc(OC(F)F)cc1)NCCCCCCC(=O)OCC.I. The van der Waals surface area contributed by atoms with Crippen LogP contribution in [0.25, 0.3) is 0 Å². The van der Waals surface area contributed by atoms with Gasteiger partial charge in [-0.3, -0.25) is 9.79 Å². The zero-order valence-electron chi connectivity index (χ0n) is 18.1. The predicted molar refractivity (Wildman–Crippen MR) is 127 cm³/mol. The second kappa shape index (κ2) is 17.9. The van der Waals surface area contributed by atoms with E-state index in [1.54, 1.807) is 6.92 Å². The minimum absolute atomic E-state index is 0. The Morgan fingerprint density at radius 1 is 1.10 bits per heavy atom. The van der Waals surface area contributed by atoms with Crippen LogP contribution in [0.15, 0.2) is 29.3 Å². The summed E-state index contributed by atoms with van der Waals surface area (Å²) in [4.78, 5) is 15.6. The molecule has 1 unspecified atom stereocenters. The van der Waals surface area contributed by atoms with Gasteiger partial charge < -0.3 is 25.2 Å². The van der Waals surface area contributed by atoms with Crippen LogP contribution in [0.2, 0.25) is 0 Å². The highest BCUT2D eigenvalue weighted by molar-refractivity contribution is 14.0. The second-order valence-corrected chi connectivity index (χ2v) is 6.58. The molecule has 0 saturated carbocycles. The number of carbonyl (C=O) groups excluding carboxylic acids is 1. The van der Waals surface area contributed by atoms with E-state index in [0.29, 0.717) is 31.1 Å². The number of ether oxygens (including phenoxy) is 2. The summed E-state index contributed by atoms with van der Waals surface area (Å²) in [5, 5.41) is 16.6. The molecule has 0 aliphatic heterocycles. The molecular weight excluding hydrogens is 523 g/mol. The van der Waals surface area contributed by atoms with E-state index in [-0.39, 0.29) is 42.2 Å². The molecule has 178 valence electrons. The van der Waals surface area contributed by atoms with Gasteiger partial charge in [0, 0.05) is 19.5 Å². The Kier molecular flexibility index (Phi) is 17.0. The van der Waals surface area contributed by atoms with Crippen molar-refractivity contribution in [3.63, 3.8) is 0 Å². The number of hydrogen-bond acceptors (Lipinski definition) is 5. The van der Waals surface area contributed by atoms with Gasteiger partial charge in [0.15, 0.2) is 5.96 Å². The number of nitrogens with one attached hydrogen (secondary N) is 2. The molecule has 1 atom stereocenters. The van der Waals surface area contributed by atoms with Gasteiger partial charge in [-0.05, 0) is 44.4 Å². The highest BCUT2D eigenvalue weighted by atomic mass is 127. The molecule has 0 bridgehead atoms. The lowest BCUT2D eigenvalue weighted by Crippen LogP contribution is -2.38. The number of nitrogens with zero attached hydrogens (tertiary/aromatic N) is 1. The molecular formula is C21H34F2IN3O4. The average molecular weight is 557 g/mol. The summed E-state index contributed by atoms with van der Waals surface area (Å²) in [7, 11) is 0. The largest absolute Gasteiger partial charge is 0.466 e. The van der Waals surface area contributed by atoms with Crippen LogP contribution >= 0.6 is 24.0 Å². The van der Waals surface area contributed by atoms with E-state index in [1.165, 1.54) is 24.3 Å². The Morgan fingerprint density at radius 2 is 1.77 bits per heavy atom. The Labute approximate surface area is 200 Å². The molecule has 0 radical (unpaired) electrons. The highest BCUT2D eigenvalue weighted by Crippen LogP contribution is 2.19. The molecule has 0 aliphatic carbocycles. The van der Waals surface area contributed by atoms with Crippen LogP contribution in [0.3, 0.4) is 0 Å². The molecule has 10 heteroatoms.